The Kier molecular flexibility index (Phi) is 3.57. The first-order valence-electron chi connectivity index (χ1n) is 8.03. The van der Waals surface area contributed by atoms with Gasteiger partial charge < -0.3 is 4.90 Å². The van der Waals surface area contributed by atoms with Crippen LogP contribution in [-0.4, -0.2) is 57.2 Å². The van der Waals surface area contributed by atoms with Gasteiger partial charge in [-0.1, -0.05) is 18.2 Å². The van der Waals surface area contributed by atoms with Gasteiger partial charge in [-0.3, -0.25) is 14.4 Å². The SMILES string of the molecule is Cn1cc(CN2CCN3C(=O)N(c4ccccc4)C(=O)C3C2)cn1. The predicted molar refractivity (Wildman–Crippen MR) is 88.3 cm³/mol. The zero-order valence-electron chi connectivity index (χ0n) is 13.5. The van der Waals surface area contributed by atoms with Crippen molar-refractivity contribution in [1.82, 2.24) is 19.6 Å². The van der Waals surface area contributed by atoms with Crippen LogP contribution in [0.15, 0.2) is 42.7 Å². The van der Waals surface area contributed by atoms with Gasteiger partial charge in [0.1, 0.15) is 6.04 Å². The third-order valence-corrected chi connectivity index (χ3v) is 4.59. The summed E-state index contributed by atoms with van der Waals surface area (Å²) in [4.78, 5) is 30.6. The third-order valence-electron chi connectivity index (χ3n) is 4.59. The number of hydrogen-bond acceptors (Lipinski definition) is 4. The molecule has 0 N–H and O–H groups in total. The lowest BCUT2D eigenvalue weighted by molar-refractivity contribution is -0.121. The number of aryl methyl sites for hydroxylation is 1. The van der Waals surface area contributed by atoms with Crippen LogP contribution in [-0.2, 0) is 18.4 Å². The molecule has 7 nitrogen and oxygen atoms in total. The first-order chi connectivity index (χ1) is 11.6. The van der Waals surface area contributed by atoms with E-state index >= 15 is 0 Å². The molecule has 3 heterocycles. The zero-order chi connectivity index (χ0) is 16.7. The van der Waals surface area contributed by atoms with Gasteiger partial charge in [0.2, 0.25) is 0 Å². The number of aromatic nitrogens is 2. The maximum absolute atomic E-state index is 12.8. The summed E-state index contributed by atoms with van der Waals surface area (Å²) >= 11 is 0. The molecule has 1 atom stereocenters. The van der Waals surface area contributed by atoms with Crippen molar-refractivity contribution >= 4 is 17.6 Å². The molecule has 124 valence electrons. The van der Waals surface area contributed by atoms with Crippen LogP contribution in [0.25, 0.3) is 0 Å². The van der Waals surface area contributed by atoms with Crippen molar-refractivity contribution in [2.45, 2.75) is 12.6 Å². The fourth-order valence-electron chi connectivity index (χ4n) is 3.42. The molecule has 1 aromatic carbocycles. The van der Waals surface area contributed by atoms with Crippen LogP contribution >= 0.6 is 0 Å². The van der Waals surface area contributed by atoms with E-state index in [1.165, 1.54) is 4.90 Å². The van der Waals surface area contributed by atoms with Crippen LogP contribution in [0, 0.1) is 0 Å². The highest BCUT2D eigenvalue weighted by molar-refractivity contribution is 6.21. The number of carbonyl (C=O) groups excluding carboxylic acids is 2. The van der Waals surface area contributed by atoms with E-state index in [1.807, 2.05) is 37.6 Å². The number of carbonyl (C=O) groups is 2. The standard InChI is InChI=1S/C17H19N5O2/c1-19-10-13(9-18-19)11-20-7-8-21-15(12-20)16(23)22(17(21)24)14-5-3-2-4-6-14/h2-6,9-10,15H,7-8,11-12H2,1H3. The summed E-state index contributed by atoms with van der Waals surface area (Å²) in [7, 11) is 1.89. The monoisotopic (exact) mass is 325 g/mol. The van der Waals surface area contributed by atoms with Crippen LogP contribution in [0.2, 0.25) is 0 Å². The van der Waals surface area contributed by atoms with Crippen LogP contribution in [0.1, 0.15) is 5.56 Å². The van der Waals surface area contributed by atoms with Crippen molar-refractivity contribution in [2.24, 2.45) is 7.05 Å². The lowest BCUT2D eigenvalue weighted by Crippen LogP contribution is -2.52. The van der Waals surface area contributed by atoms with Gasteiger partial charge in [-0.15, -0.1) is 0 Å². The molecule has 2 aliphatic rings. The van der Waals surface area contributed by atoms with Gasteiger partial charge in [-0.05, 0) is 12.1 Å². The molecule has 1 aromatic heterocycles. The highest BCUT2D eigenvalue weighted by Crippen LogP contribution is 2.27. The van der Waals surface area contributed by atoms with Crippen molar-refractivity contribution in [3.8, 4) is 0 Å². The first kappa shape index (κ1) is 14.9. The minimum atomic E-state index is -0.400. The molecule has 0 saturated carbocycles. The maximum Gasteiger partial charge on any atom is 0.332 e. The second kappa shape index (κ2) is 5.76. The summed E-state index contributed by atoms with van der Waals surface area (Å²) in [5.41, 5.74) is 1.75. The number of fused-ring (bicyclic) bond motifs is 1. The summed E-state index contributed by atoms with van der Waals surface area (Å²) in [5.74, 6) is -0.137. The minimum Gasteiger partial charge on any atom is -0.309 e. The Morgan fingerprint density at radius 1 is 1.17 bits per heavy atom. The molecule has 0 bridgehead atoms. The lowest BCUT2D eigenvalue weighted by Gasteiger charge is -2.35. The highest BCUT2D eigenvalue weighted by Gasteiger charge is 2.48. The summed E-state index contributed by atoms with van der Waals surface area (Å²) in [6.45, 7) is 2.62. The molecule has 24 heavy (non-hydrogen) atoms. The van der Waals surface area contributed by atoms with E-state index in [9.17, 15) is 9.59 Å². The van der Waals surface area contributed by atoms with Gasteiger partial charge in [0.15, 0.2) is 0 Å². The number of anilines is 1. The van der Waals surface area contributed by atoms with Gasteiger partial charge in [0.05, 0.1) is 11.9 Å². The molecule has 2 aliphatic heterocycles. The molecule has 2 saturated heterocycles. The van der Waals surface area contributed by atoms with E-state index in [-0.39, 0.29) is 11.9 Å². The van der Waals surface area contributed by atoms with Gasteiger partial charge in [-0.2, -0.15) is 5.10 Å². The number of rotatable bonds is 3. The molecule has 1 unspecified atom stereocenters. The molecule has 2 aromatic rings. The average Bonchev–Trinajstić information content (AvgIpc) is 3.10. The number of hydrogen-bond donors (Lipinski definition) is 0. The largest absolute Gasteiger partial charge is 0.332 e. The molecular formula is C17H19N5O2. The highest BCUT2D eigenvalue weighted by atomic mass is 16.2. The number of nitrogens with zero attached hydrogens (tertiary/aromatic N) is 5. The van der Waals surface area contributed by atoms with Crippen molar-refractivity contribution < 1.29 is 9.59 Å². The van der Waals surface area contributed by atoms with E-state index in [2.05, 4.69) is 10.00 Å². The molecule has 0 radical (unpaired) electrons. The van der Waals surface area contributed by atoms with Crippen LogP contribution < -0.4 is 4.90 Å². The maximum atomic E-state index is 12.8. The first-order valence-corrected chi connectivity index (χ1v) is 8.03. The summed E-state index contributed by atoms with van der Waals surface area (Å²) in [5, 5.41) is 4.18. The van der Waals surface area contributed by atoms with Gasteiger partial charge >= 0.3 is 6.03 Å². The normalized spacial score (nSPS) is 21.5. The lowest BCUT2D eigenvalue weighted by atomic mass is 10.1. The van der Waals surface area contributed by atoms with Crippen LogP contribution in [0.4, 0.5) is 10.5 Å². The smallest absolute Gasteiger partial charge is 0.309 e. The Labute approximate surface area is 140 Å². The number of urea groups is 1. The molecule has 0 aliphatic carbocycles. The quantitative estimate of drug-likeness (QED) is 0.792. The number of amides is 3. The topological polar surface area (TPSA) is 61.7 Å². The third kappa shape index (κ3) is 2.46. The second-order valence-electron chi connectivity index (χ2n) is 6.26. The molecule has 0 spiro atoms. The minimum absolute atomic E-state index is 0.137. The average molecular weight is 325 g/mol. The summed E-state index contributed by atoms with van der Waals surface area (Å²) in [6, 6.07) is 8.52. The number of para-hydroxylation sites is 1. The van der Waals surface area contributed by atoms with E-state index in [0.717, 1.165) is 18.7 Å². The van der Waals surface area contributed by atoms with Crippen molar-refractivity contribution in [2.75, 3.05) is 24.5 Å². The fourth-order valence-corrected chi connectivity index (χ4v) is 3.42. The van der Waals surface area contributed by atoms with Crippen LogP contribution in [0.3, 0.4) is 0 Å². The molecule has 7 heteroatoms. The number of piperazine rings is 1. The van der Waals surface area contributed by atoms with Gasteiger partial charge in [0.25, 0.3) is 5.91 Å². The Morgan fingerprint density at radius 3 is 2.67 bits per heavy atom. The van der Waals surface area contributed by atoms with Crippen molar-refractivity contribution in [3.63, 3.8) is 0 Å². The van der Waals surface area contributed by atoms with Crippen LogP contribution in [0.5, 0.6) is 0 Å². The summed E-state index contributed by atoms with van der Waals surface area (Å²) in [6.07, 6.45) is 3.81. The van der Waals surface area contributed by atoms with Gasteiger partial charge in [-0.25, -0.2) is 9.69 Å². The number of imide groups is 1. The van der Waals surface area contributed by atoms with Crippen molar-refractivity contribution in [1.29, 1.82) is 0 Å². The van der Waals surface area contributed by atoms with E-state index in [0.29, 0.717) is 18.8 Å². The van der Waals surface area contributed by atoms with E-state index in [1.54, 1.807) is 21.7 Å². The molecule has 4 rings (SSSR count). The zero-order valence-corrected chi connectivity index (χ0v) is 13.5. The van der Waals surface area contributed by atoms with E-state index in [4.69, 9.17) is 0 Å². The Bertz CT molecular complexity index is 772. The molecule has 2 fully saturated rings. The second-order valence-corrected chi connectivity index (χ2v) is 6.26. The molecular weight excluding hydrogens is 306 g/mol. The fraction of sp³-hybridized carbons (Fsp3) is 0.353. The van der Waals surface area contributed by atoms with Crippen molar-refractivity contribution in [3.05, 3.63) is 48.3 Å². The van der Waals surface area contributed by atoms with E-state index < -0.39 is 6.04 Å². The number of benzene rings is 1. The van der Waals surface area contributed by atoms with Gasteiger partial charge in [0, 0.05) is 45.0 Å². The predicted octanol–water partition coefficient (Wildman–Crippen LogP) is 1.07. The Hall–Kier alpha value is -2.67. The Morgan fingerprint density at radius 2 is 1.96 bits per heavy atom. The summed E-state index contributed by atoms with van der Waals surface area (Å²) < 4.78 is 1.77. The Balaban J connectivity index is 1.51. The molecule has 3 amide bonds.